The summed E-state index contributed by atoms with van der Waals surface area (Å²) in [6, 6.07) is 0. The molecule has 0 saturated carbocycles. The zero-order chi connectivity index (χ0) is 8.97. The lowest BCUT2D eigenvalue weighted by Crippen LogP contribution is -1.92. The quantitative estimate of drug-likeness (QED) is 0.512. The Morgan fingerprint density at radius 3 is 3.08 bits per heavy atom. The molecular formula is C7H9N3O2. The molecule has 5 heteroatoms. The average Bonchev–Trinajstić information content (AvgIpc) is 2.56. The number of nitrogens with one attached hydrogen (secondary N) is 1. The number of carbonyl (C=O) groups excluding carboxylic acids is 1. The minimum atomic E-state index is -0.157. The molecule has 0 radical (unpaired) electrons. The van der Waals surface area contributed by atoms with E-state index in [1.165, 1.54) is 6.20 Å². The molecule has 0 spiro atoms. The van der Waals surface area contributed by atoms with E-state index in [4.69, 9.17) is 0 Å². The first-order valence-electron chi connectivity index (χ1n) is 3.53. The molecule has 0 aliphatic rings. The number of allylic oxidation sites excluding steroid dienone is 1. The van der Waals surface area contributed by atoms with Gasteiger partial charge < -0.3 is 5.11 Å². The molecule has 0 fully saturated rings. The number of hydrogen-bond acceptors (Lipinski definition) is 4. The van der Waals surface area contributed by atoms with Crippen molar-refractivity contribution in [3.05, 3.63) is 18.0 Å². The zero-order valence-electron chi connectivity index (χ0n) is 6.61. The van der Waals surface area contributed by atoms with Gasteiger partial charge in [-0.1, -0.05) is 6.92 Å². The highest BCUT2D eigenvalue weighted by Crippen LogP contribution is 2.04. The highest BCUT2D eigenvalue weighted by Gasteiger charge is 2.03. The second-order valence-corrected chi connectivity index (χ2v) is 2.20. The third kappa shape index (κ3) is 1.91. The van der Waals surface area contributed by atoms with Gasteiger partial charge in [0.2, 0.25) is 0 Å². The molecule has 12 heavy (non-hydrogen) atoms. The second-order valence-electron chi connectivity index (χ2n) is 2.20. The molecule has 5 nitrogen and oxygen atoms in total. The lowest BCUT2D eigenvalue weighted by atomic mass is 10.2. The largest absolute Gasteiger partial charge is 0.505 e. The van der Waals surface area contributed by atoms with Crippen LogP contribution < -0.4 is 0 Å². The van der Waals surface area contributed by atoms with Gasteiger partial charge >= 0.3 is 0 Å². The third-order valence-corrected chi connectivity index (χ3v) is 1.32. The van der Waals surface area contributed by atoms with Crippen molar-refractivity contribution in [1.82, 2.24) is 15.4 Å². The Labute approximate surface area is 69.1 Å². The number of carbonyl (C=O) groups is 1. The van der Waals surface area contributed by atoms with Crippen LogP contribution in [0.25, 0.3) is 5.76 Å². The molecule has 64 valence electrons. The van der Waals surface area contributed by atoms with Gasteiger partial charge in [0.05, 0.1) is 6.20 Å². The molecule has 0 atom stereocenters. The summed E-state index contributed by atoms with van der Waals surface area (Å²) in [5, 5.41) is 18.6. The van der Waals surface area contributed by atoms with E-state index in [2.05, 4.69) is 15.4 Å². The molecule has 0 aliphatic carbocycles. The number of aliphatic hydroxyl groups excluding tert-OH is 1. The molecule has 0 amide bonds. The van der Waals surface area contributed by atoms with Crippen LogP contribution in [0.5, 0.6) is 0 Å². The van der Waals surface area contributed by atoms with Crippen LogP contribution in [0.4, 0.5) is 0 Å². The summed E-state index contributed by atoms with van der Waals surface area (Å²) in [6.07, 6.45) is 2.84. The summed E-state index contributed by atoms with van der Waals surface area (Å²) in [4.78, 5) is 10.8. The molecular weight excluding hydrogens is 158 g/mol. The number of rotatable bonds is 3. The summed E-state index contributed by atoms with van der Waals surface area (Å²) in [6.45, 7) is 1.72. The van der Waals surface area contributed by atoms with Crippen LogP contribution in [-0.2, 0) is 4.79 Å². The smallest absolute Gasteiger partial charge is 0.159 e. The van der Waals surface area contributed by atoms with Crippen LogP contribution in [-0.4, -0.2) is 26.3 Å². The number of aromatic nitrogens is 3. The lowest BCUT2D eigenvalue weighted by molar-refractivity contribution is -0.114. The lowest BCUT2D eigenvalue weighted by Gasteiger charge is -1.91. The van der Waals surface area contributed by atoms with Gasteiger partial charge in [-0.05, 0) is 0 Å². The fourth-order valence-electron chi connectivity index (χ4n) is 0.654. The first kappa shape index (κ1) is 8.45. The van der Waals surface area contributed by atoms with E-state index in [9.17, 15) is 9.90 Å². The van der Waals surface area contributed by atoms with E-state index in [0.717, 1.165) is 6.08 Å². The Bertz CT molecular complexity index is 290. The SMILES string of the molecule is CCC(=O)C=C(O)c1cn[nH]n1. The van der Waals surface area contributed by atoms with Gasteiger partial charge in [0.25, 0.3) is 0 Å². The first-order chi connectivity index (χ1) is 5.74. The molecule has 0 unspecified atom stereocenters. The summed E-state index contributed by atoms with van der Waals surface area (Å²) in [5.41, 5.74) is 0.275. The van der Waals surface area contributed by atoms with Crippen LogP contribution in [0.2, 0.25) is 0 Å². The van der Waals surface area contributed by atoms with Crippen molar-refractivity contribution >= 4 is 11.5 Å². The van der Waals surface area contributed by atoms with Crippen LogP contribution in [0.1, 0.15) is 19.0 Å². The topological polar surface area (TPSA) is 78.9 Å². The molecule has 1 rings (SSSR count). The number of nitrogens with zero attached hydrogens (tertiary/aromatic N) is 2. The zero-order valence-corrected chi connectivity index (χ0v) is 6.61. The van der Waals surface area contributed by atoms with Gasteiger partial charge in [0, 0.05) is 12.5 Å². The Morgan fingerprint density at radius 2 is 2.58 bits per heavy atom. The van der Waals surface area contributed by atoms with Gasteiger partial charge in [-0.25, -0.2) is 0 Å². The summed E-state index contributed by atoms with van der Waals surface area (Å²) >= 11 is 0. The molecule has 0 saturated heterocycles. The maximum Gasteiger partial charge on any atom is 0.159 e. The second kappa shape index (κ2) is 3.66. The Kier molecular flexibility index (Phi) is 2.57. The fourth-order valence-corrected chi connectivity index (χ4v) is 0.654. The molecule has 0 bridgehead atoms. The van der Waals surface area contributed by atoms with Crippen LogP contribution >= 0.6 is 0 Å². The van der Waals surface area contributed by atoms with Crippen molar-refractivity contribution < 1.29 is 9.90 Å². The molecule has 1 aromatic heterocycles. The molecule has 1 aromatic rings. The number of aromatic amines is 1. The summed E-state index contributed by atoms with van der Waals surface area (Å²) < 4.78 is 0. The summed E-state index contributed by atoms with van der Waals surface area (Å²) in [7, 11) is 0. The predicted molar refractivity (Wildman–Crippen MR) is 42.3 cm³/mol. The predicted octanol–water partition coefficient (Wildman–Crippen LogP) is 0.683. The van der Waals surface area contributed by atoms with Crippen molar-refractivity contribution in [2.24, 2.45) is 0 Å². The standard InChI is InChI=1S/C7H9N3O2/c1-2-5(11)3-7(12)6-4-8-10-9-6/h3-4,12H,2H2,1H3,(H,8,9,10). The molecule has 2 N–H and O–H groups in total. The minimum absolute atomic E-state index is 0.143. The van der Waals surface area contributed by atoms with E-state index in [1.807, 2.05) is 0 Å². The van der Waals surface area contributed by atoms with Gasteiger partial charge in [-0.15, -0.1) is 0 Å². The molecule has 0 aliphatic heterocycles. The normalized spacial score (nSPS) is 11.6. The Hall–Kier alpha value is -1.65. The maximum absolute atomic E-state index is 10.8. The third-order valence-electron chi connectivity index (χ3n) is 1.32. The van der Waals surface area contributed by atoms with Crippen molar-refractivity contribution in [3.63, 3.8) is 0 Å². The van der Waals surface area contributed by atoms with Gasteiger partial charge in [0.15, 0.2) is 5.78 Å². The number of aliphatic hydroxyl groups is 1. The van der Waals surface area contributed by atoms with Gasteiger partial charge in [-0.3, -0.25) is 4.79 Å². The van der Waals surface area contributed by atoms with Gasteiger partial charge in [0.1, 0.15) is 11.5 Å². The van der Waals surface area contributed by atoms with E-state index in [0.29, 0.717) is 6.42 Å². The maximum atomic E-state index is 10.8. The van der Waals surface area contributed by atoms with E-state index in [-0.39, 0.29) is 17.2 Å². The van der Waals surface area contributed by atoms with Crippen molar-refractivity contribution in [3.8, 4) is 0 Å². The monoisotopic (exact) mass is 167 g/mol. The average molecular weight is 167 g/mol. The van der Waals surface area contributed by atoms with E-state index in [1.54, 1.807) is 6.92 Å². The highest BCUT2D eigenvalue weighted by molar-refractivity contribution is 5.94. The minimum Gasteiger partial charge on any atom is -0.505 e. The van der Waals surface area contributed by atoms with Crippen LogP contribution in [0, 0.1) is 0 Å². The van der Waals surface area contributed by atoms with Crippen molar-refractivity contribution in [1.29, 1.82) is 0 Å². The van der Waals surface area contributed by atoms with Crippen molar-refractivity contribution in [2.45, 2.75) is 13.3 Å². The molecule has 0 aromatic carbocycles. The van der Waals surface area contributed by atoms with Crippen LogP contribution in [0.15, 0.2) is 12.3 Å². The van der Waals surface area contributed by atoms with Crippen LogP contribution in [0.3, 0.4) is 0 Å². The van der Waals surface area contributed by atoms with Gasteiger partial charge in [-0.2, -0.15) is 15.4 Å². The Balaban J connectivity index is 2.77. The number of H-pyrrole nitrogens is 1. The first-order valence-corrected chi connectivity index (χ1v) is 3.53. The Morgan fingerprint density at radius 1 is 1.83 bits per heavy atom. The highest BCUT2D eigenvalue weighted by atomic mass is 16.3. The van der Waals surface area contributed by atoms with E-state index >= 15 is 0 Å². The number of hydrogen-bond donors (Lipinski definition) is 2. The fraction of sp³-hybridized carbons (Fsp3) is 0.286. The summed E-state index contributed by atoms with van der Waals surface area (Å²) in [5.74, 6) is -0.300. The number of ketones is 1. The van der Waals surface area contributed by atoms with Crippen molar-refractivity contribution in [2.75, 3.05) is 0 Å². The van der Waals surface area contributed by atoms with E-state index < -0.39 is 0 Å². The molecule has 1 heterocycles.